The molecule has 8 nitrogen and oxygen atoms in total. The number of piperazine rings is 1. The summed E-state index contributed by atoms with van der Waals surface area (Å²) in [6.07, 6.45) is 3.53. The van der Waals surface area contributed by atoms with E-state index >= 15 is 0 Å². The number of aliphatic imine (C=N–C) groups is 1. The van der Waals surface area contributed by atoms with Crippen molar-refractivity contribution in [3.63, 3.8) is 0 Å². The lowest BCUT2D eigenvalue weighted by Gasteiger charge is -2.36. The van der Waals surface area contributed by atoms with Crippen LogP contribution in [0.4, 0.5) is 5.95 Å². The summed E-state index contributed by atoms with van der Waals surface area (Å²) < 4.78 is 5.01. The highest BCUT2D eigenvalue weighted by atomic mass is 16.5. The molecule has 2 aromatic rings. The minimum Gasteiger partial charge on any atom is -0.462 e. The molecule has 0 saturated carbocycles. The molecule has 0 amide bonds. The van der Waals surface area contributed by atoms with Crippen LogP contribution in [0, 0.1) is 0 Å². The average Bonchev–Trinajstić information content (AvgIpc) is 2.76. The van der Waals surface area contributed by atoms with E-state index < -0.39 is 0 Å². The van der Waals surface area contributed by atoms with Crippen molar-refractivity contribution in [3.8, 4) is 0 Å². The third kappa shape index (κ3) is 4.97. The highest BCUT2D eigenvalue weighted by Gasteiger charge is 2.21. The van der Waals surface area contributed by atoms with Crippen LogP contribution in [0.1, 0.15) is 22.8 Å². The van der Waals surface area contributed by atoms with Crippen LogP contribution in [-0.4, -0.2) is 66.6 Å². The summed E-state index contributed by atoms with van der Waals surface area (Å²) in [6, 6.07) is 9.26. The van der Waals surface area contributed by atoms with Gasteiger partial charge in [-0.3, -0.25) is 4.99 Å². The van der Waals surface area contributed by atoms with Gasteiger partial charge in [0.15, 0.2) is 5.96 Å². The first kappa shape index (κ1) is 19.6. The van der Waals surface area contributed by atoms with Crippen LogP contribution in [0.3, 0.4) is 0 Å². The molecule has 28 heavy (non-hydrogen) atoms. The Morgan fingerprint density at radius 2 is 1.82 bits per heavy atom. The van der Waals surface area contributed by atoms with Crippen molar-refractivity contribution in [2.24, 2.45) is 4.99 Å². The first-order valence-corrected chi connectivity index (χ1v) is 9.45. The summed E-state index contributed by atoms with van der Waals surface area (Å²) >= 11 is 0. The van der Waals surface area contributed by atoms with Crippen molar-refractivity contribution < 1.29 is 9.53 Å². The maximum absolute atomic E-state index is 11.7. The number of nitrogens with zero attached hydrogens (tertiary/aromatic N) is 5. The normalized spacial score (nSPS) is 14.7. The van der Waals surface area contributed by atoms with Crippen LogP contribution in [0.2, 0.25) is 0 Å². The van der Waals surface area contributed by atoms with Gasteiger partial charge in [0.05, 0.1) is 12.2 Å². The Balaban J connectivity index is 1.51. The van der Waals surface area contributed by atoms with Crippen LogP contribution in [0.15, 0.2) is 47.7 Å². The summed E-state index contributed by atoms with van der Waals surface area (Å²) in [5.74, 6) is 1.34. The SMILES string of the molecule is CCOC(=O)c1ccc(CNC(=NC)N2CCN(c3ncccn3)CC2)cc1. The van der Waals surface area contributed by atoms with Gasteiger partial charge in [-0.2, -0.15) is 0 Å². The number of ether oxygens (including phenoxy) is 1. The van der Waals surface area contributed by atoms with E-state index in [-0.39, 0.29) is 5.97 Å². The summed E-state index contributed by atoms with van der Waals surface area (Å²) in [6.45, 7) is 6.20. The monoisotopic (exact) mass is 382 g/mol. The maximum Gasteiger partial charge on any atom is 0.338 e. The number of carbonyl (C=O) groups excluding carboxylic acids is 1. The summed E-state index contributed by atoms with van der Waals surface area (Å²) in [4.78, 5) is 29.2. The molecule has 1 aliphatic rings. The minimum absolute atomic E-state index is 0.293. The van der Waals surface area contributed by atoms with Crippen LogP contribution < -0.4 is 10.2 Å². The van der Waals surface area contributed by atoms with Crippen LogP contribution in [-0.2, 0) is 11.3 Å². The Morgan fingerprint density at radius 3 is 2.43 bits per heavy atom. The van der Waals surface area contributed by atoms with E-state index in [4.69, 9.17) is 4.74 Å². The Hall–Kier alpha value is -3.16. The van der Waals surface area contributed by atoms with Gasteiger partial charge < -0.3 is 19.9 Å². The number of anilines is 1. The third-order valence-electron chi connectivity index (χ3n) is 4.54. The molecule has 0 atom stereocenters. The number of aromatic nitrogens is 2. The molecule has 1 aromatic heterocycles. The Morgan fingerprint density at radius 1 is 1.14 bits per heavy atom. The van der Waals surface area contributed by atoms with Crippen molar-refractivity contribution in [2.45, 2.75) is 13.5 Å². The van der Waals surface area contributed by atoms with Gasteiger partial charge in [0.1, 0.15) is 0 Å². The number of hydrogen-bond acceptors (Lipinski definition) is 6. The lowest BCUT2D eigenvalue weighted by molar-refractivity contribution is 0.0526. The smallest absolute Gasteiger partial charge is 0.338 e. The second-order valence-corrected chi connectivity index (χ2v) is 6.34. The number of nitrogens with one attached hydrogen (secondary N) is 1. The van der Waals surface area contributed by atoms with Crippen molar-refractivity contribution in [2.75, 3.05) is 44.7 Å². The first-order chi connectivity index (χ1) is 13.7. The quantitative estimate of drug-likeness (QED) is 0.477. The van der Waals surface area contributed by atoms with E-state index in [2.05, 4.69) is 30.1 Å². The van der Waals surface area contributed by atoms with Crippen molar-refractivity contribution in [1.29, 1.82) is 0 Å². The second-order valence-electron chi connectivity index (χ2n) is 6.34. The Labute approximate surface area is 165 Å². The van der Waals surface area contributed by atoms with Crippen molar-refractivity contribution >= 4 is 17.9 Å². The minimum atomic E-state index is -0.293. The number of carbonyl (C=O) groups is 1. The molecule has 1 aromatic carbocycles. The van der Waals surface area contributed by atoms with Crippen LogP contribution >= 0.6 is 0 Å². The molecule has 0 unspecified atom stereocenters. The molecule has 8 heteroatoms. The molecule has 1 N–H and O–H groups in total. The number of guanidine groups is 1. The molecule has 0 spiro atoms. The summed E-state index contributed by atoms with van der Waals surface area (Å²) in [7, 11) is 1.79. The topological polar surface area (TPSA) is 83.0 Å². The van der Waals surface area contributed by atoms with Crippen LogP contribution in [0.25, 0.3) is 0 Å². The van der Waals surface area contributed by atoms with E-state index in [1.165, 1.54) is 0 Å². The summed E-state index contributed by atoms with van der Waals surface area (Å²) in [5, 5.41) is 3.39. The van der Waals surface area contributed by atoms with E-state index in [0.29, 0.717) is 18.7 Å². The number of rotatable bonds is 5. The predicted octanol–water partition coefficient (Wildman–Crippen LogP) is 1.55. The molecular weight excluding hydrogens is 356 g/mol. The molecular formula is C20H26N6O2. The second kappa shape index (κ2) is 9.68. The number of hydrogen-bond donors (Lipinski definition) is 1. The van der Waals surface area contributed by atoms with Gasteiger partial charge in [-0.1, -0.05) is 12.1 Å². The molecule has 0 bridgehead atoms. The molecule has 3 rings (SSSR count). The molecule has 0 radical (unpaired) electrons. The standard InChI is InChI=1S/C20H26N6O2/c1-3-28-18(27)17-7-5-16(6-8-17)15-24-19(21-2)25-11-13-26(14-12-25)20-22-9-4-10-23-20/h4-10H,3,11-15H2,1-2H3,(H,21,24). The molecule has 2 heterocycles. The van der Waals surface area contributed by atoms with Gasteiger partial charge in [-0.25, -0.2) is 14.8 Å². The summed E-state index contributed by atoms with van der Waals surface area (Å²) in [5.41, 5.74) is 1.64. The fraction of sp³-hybridized carbons (Fsp3) is 0.400. The first-order valence-electron chi connectivity index (χ1n) is 9.45. The van der Waals surface area contributed by atoms with Gasteiger partial charge >= 0.3 is 5.97 Å². The van der Waals surface area contributed by atoms with E-state index in [1.807, 2.05) is 18.2 Å². The average molecular weight is 382 g/mol. The largest absolute Gasteiger partial charge is 0.462 e. The predicted molar refractivity (Wildman–Crippen MR) is 108 cm³/mol. The fourth-order valence-corrected chi connectivity index (χ4v) is 3.06. The molecule has 0 aliphatic carbocycles. The van der Waals surface area contributed by atoms with Gasteiger partial charge in [0.25, 0.3) is 0 Å². The van der Waals surface area contributed by atoms with E-state index in [0.717, 1.165) is 43.7 Å². The molecule has 148 valence electrons. The lowest BCUT2D eigenvalue weighted by atomic mass is 10.1. The molecule has 1 fully saturated rings. The van der Waals surface area contributed by atoms with Crippen LogP contribution in [0.5, 0.6) is 0 Å². The highest BCUT2D eigenvalue weighted by molar-refractivity contribution is 5.89. The van der Waals surface area contributed by atoms with Gasteiger partial charge in [-0.15, -0.1) is 0 Å². The number of benzene rings is 1. The van der Waals surface area contributed by atoms with Crippen molar-refractivity contribution in [3.05, 3.63) is 53.9 Å². The Bertz CT molecular complexity index is 786. The zero-order chi connectivity index (χ0) is 19.8. The molecule has 1 aliphatic heterocycles. The van der Waals surface area contributed by atoms with Gasteiger partial charge in [-0.05, 0) is 30.7 Å². The maximum atomic E-state index is 11.7. The van der Waals surface area contributed by atoms with Gasteiger partial charge in [0, 0.05) is 52.2 Å². The fourth-order valence-electron chi connectivity index (χ4n) is 3.06. The Kier molecular flexibility index (Phi) is 6.78. The highest BCUT2D eigenvalue weighted by Crippen LogP contribution is 2.10. The van der Waals surface area contributed by atoms with Crippen molar-refractivity contribution in [1.82, 2.24) is 20.2 Å². The van der Waals surface area contributed by atoms with E-state index in [9.17, 15) is 4.79 Å². The van der Waals surface area contributed by atoms with E-state index in [1.54, 1.807) is 38.5 Å². The lowest BCUT2D eigenvalue weighted by Crippen LogP contribution is -2.52. The zero-order valence-electron chi connectivity index (χ0n) is 16.3. The third-order valence-corrected chi connectivity index (χ3v) is 4.54. The number of esters is 1. The molecule has 1 saturated heterocycles. The van der Waals surface area contributed by atoms with Gasteiger partial charge in [0.2, 0.25) is 5.95 Å². The zero-order valence-corrected chi connectivity index (χ0v) is 16.3.